The first-order chi connectivity index (χ1) is 11.9. The number of nitriles is 1. The number of carbonyl (C=O) groups excluding carboxylic acids is 2. The number of anilines is 2. The topological polar surface area (TPSA) is 73.2 Å². The highest BCUT2D eigenvalue weighted by atomic mass is 35.5. The van der Waals surface area contributed by atoms with Crippen LogP contribution in [0.3, 0.4) is 0 Å². The van der Waals surface area contributed by atoms with Gasteiger partial charge in [-0.3, -0.25) is 9.59 Å². The van der Waals surface area contributed by atoms with Gasteiger partial charge >= 0.3 is 0 Å². The first-order valence-corrected chi connectivity index (χ1v) is 7.98. The Kier molecular flexibility index (Phi) is 4.49. The van der Waals surface area contributed by atoms with Gasteiger partial charge in [-0.15, -0.1) is 0 Å². The Morgan fingerprint density at radius 3 is 2.64 bits per heavy atom. The summed E-state index contributed by atoms with van der Waals surface area (Å²) in [5, 5.41) is 12.7. The molecule has 1 aliphatic heterocycles. The summed E-state index contributed by atoms with van der Waals surface area (Å²) >= 11 is 11.9. The molecule has 0 aromatic heterocycles. The minimum Gasteiger partial charge on any atom is -0.320 e. The van der Waals surface area contributed by atoms with E-state index in [1.807, 2.05) is 6.07 Å². The molecular weight excluding hydrogens is 361 g/mol. The van der Waals surface area contributed by atoms with Gasteiger partial charge in [-0.05, 0) is 24.3 Å². The van der Waals surface area contributed by atoms with Gasteiger partial charge in [0.2, 0.25) is 0 Å². The standard InChI is InChI=1S/C18H11Cl2N3O2/c1-23-15-5-3-2-4-11(15)16(18(23)25)12(9-21)17(24)22-14-8-10(19)6-7-13(14)20/h2-8H,1H3,(H,22,24). The maximum Gasteiger partial charge on any atom is 0.267 e. The number of hydrogen-bond acceptors (Lipinski definition) is 3. The molecule has 0 saturated carbocycles. The van der Waals surface area contributed by atoms with E-state index in [1.54, 1.807) is 37.4 Å². The van der Waals surface area contributed by atoms with E-state index < -0.39 is 11.8 Å². The minimum atomic E-state index is -0.722. The third kappa shape index (κ3) is 2.98. The SMILES string of the molecule is CN1C(=O)C(=C(C#N)C(=O)Nc2cc(Cl)ccc2Cl)c2ccccc21. The summed E-state index contributed by atoms with van der Waals surface area (Å²) in [4.78, 5) is 26.5. The lowest BCUT2D eigenvalue weighted by atomic mass is 10.0. The van der Waals surface area contributed by atoms with Crippen LogP contribution in [0.5, 0.6) is 0 Å². The number of amides is 2. The van der Waals surface area contributed by atoms with Crippen LogP contribution in [0.25, 0.3) is 5.57 Å². The number of nitrogens with zero attached hydrogens (tertiary/aromatic N) is 2. The summed E-state index contributed by atoms with van der Waals surface area (Å²) in [6, 6.07) is 13.4. The number of para-hydroxylation sites is 1. The predicted octanol–water partition coefficient (Wildman–Crippen LogP) is 3.89. The molecule has 0 saturated heterocycles. The quantitative estimate of drug-likeness (QED) is 0.642. The molecular formula is C18H11Cl2N3O2. The fourth-order valence-electron chi connectivity index (χ4n) is 2.61. The fourth-order valence-corrected chi connectivity index (χ4v) is 2.95. The van der Waals surface area contributed by atoms with Gasteiger partial charge in [0.25, 0.3) is 11.8 Å². The van der Waals surface area contributed by atoms with Gasteiger partial charge in [0, 0.05) is 17.6 Å². The Labute approximate surface area is 154 Å². The lowest BCUT2D eigenvalue weighted by molar-refractivity contribution is -0.114. The van der Waals surface area contributed by atoms with Crippen molar-refractivity contribution >= 4 is 52.0 Å². The summed E-state index contributed by atoms with van der Waals surface area (Å²) in [6.45, 7) is 0. The van der Waals surface area contributed by atoms with Crippen molar-refractivity contribution in [3.8, 4) is 6.07 Å². The van der Waals surface area contributed by atoms with Gasteiger partial charge in [-0.25, -0.2) is 0 Å². The Hall–Kier alpha value is -2.81. The van der Waals surface area contributed by atoms with E-state index in [0.717, 1.165) is 0 Å². The highest BCUT2D eigenvalue weighted by molar-refractivity contribution is 6.39. The Morgan fingerprint density at radius 2 is 1.92 bits per heavy atom. The summed E-state index contributed by atoms with van der Waals surface area (Å²) < 4.78 is 0. The van der Waals surface area contributed by atoms with Crippen molar-refractivity contribution in [1.82, 2.24) is 0 Å². The Bertz CT molecular complexity index is 977. The Balaban J connectivity index is 2.07. The number of hydrogen-bond donors (Lipinski definition) is 1. The largest absolute Gasteiger partial charge is 0.320 e. The van der Waals surface area contributed by atoms with Crippen LogP contribution in [0.1, 0.15) is 5.56 Å². The van der Waals surface area contributed by atoms with Crippen molar-refractivity contribution in [2.45, 2.75) is 0 Å². The maximum atomic E-state index is 12.6. The third-order valence-electron chi connectivity index (χ3n) is 3.82. The second-order valence-corrected chi connectivity index (χ2v) is 6.17. The van der Waals surface area contributed by atoms with Crippen molar-refractivity contribution in [2.24, 2.45) is 0 Å². The van der Waals surface area contributed by atoms with E-state index in [0.29, 0.717) is 16.3 Å². The zero-order chi connectivity index (χ0) is 18.1. The molecule has 2 aromatic rings. The molecule has 7 heteroatoms. The van der Waals surface area contributed by atoms with Crippen LogP contribution in [0.2, 0.25) is 10.0 Å². The highest BCUT2D eigenvalue weighted by Gasteiger charge is 2.34. The summed E-state index contributed by atoms with van der Waals surface area (Å²) in [5.41, 5.74) is 1.23. The average Bonchev–Trinajstić information content (AvgIpc) is 2.84. The summed E-state index contributed by atoms with van der Waals surface area (Å²) in [7, 11) is 1.59. The van der Waals surface area contributed by atoms with E-state index in [4.69, 9.17) is 23.2 Å². The molecule has 0 fully saturated rings. The van der Waals surface area contributed by atoms with E-state index in [2.05, 4.69) is 5.32 Å². The number of benzene rings is 2. The summed E-state index contributed by atoms with van der Waals surface area (Å²) in [5.74, 6) is -1.13. The average molecular weight is 372 g/mol. The molecule has 1 aliphatic rings. The monoisotopic (exact) mass is 371 g/mol. The van der Waals surface area contributed by atoms with Crippen LogP contribution >= 0.6 is 23.2 Å². The van der Waals surface area contributed by atoms with Crippen LogP contribution in [0, 0.1) is 11.3 Å². The molecule has 0 radical (unpaired) electrons. The number of rotatable bonds is 2. The molecule has 2 aromatic carbocycles. The molecule has 0 atom stereocenters. The minimum absolute atomic E-state index is 0.0660. The molecule has 1 N–H and O–H groups in total. The zero-order valence-corrected chi connectivity index (χ0v) is 14.5. The second kappa shape index (κ2) is 6.60. The fraction of sp³-hybridized carbons (Fsp3) is 0.0556. The zero-order valence-electron chi connectivity index (χ0n) is 13.0. The van der Waals surface area contributed by atoms with Crippen molar-refractivity contribution in [3.63, 3.8) is 0 Å². The van der Waals surface area contributed by atoms with Gasteiger partial charge in [-0.2, -0.15) is 5.26 Å². The van der Waals surface area contributed by atoms with E-state index in [1.165, 1.54) is 17.0 Å². The molecule has 0 bridgehead atoms. The van der Waals surface area contributed by atoms with Crippen LogP contribution in [-0.4, -0.2) is 18.9 Å². The van der Waals surface area contributed by atoms with E-state index >= 15 is 0 Å². The molecule has 124 valence electrons. The highest BCUT2D eigenvalue weighted by Crippen LogP contribution is 2.37. The number of halogens is 2. The molecule has 25 heavy (non-hydrogen) atoms. The number of likely N-dealkylation sites (N-methyl/N-ethyl adjacent to an activating group) is 1. The second-order valence-electron chi connectivity index (χ2n) is 5.32. The van der Waals surface area contributed by atoms with Crippen molar-refractivity contribution in [1.29, 1.82) is 5.26 Å². The summed E-state index contributed by atoms with van der Waals surface area (Å²) in [6.07, 6.45) is 0. The number of nitrogens with one attached hydrogen (secondary N) is 1. The van der Waals surface area contributed by atoms with Gasteiger partial charge in [-0.1, -0.05) is 41.4 Å². The molecule has 0 spiro atoms. The third-order valence-corrected chi connectivity index (χ3v) is 4.38. The first kappa shape index (κ1) is 17.0. The molecule has 1 heterocycles. The van der Waals surface area contributed by atoms with Gasteiger partial charge in [0.15, 0.2) is 0 Å². The van der Waals surface area contributed by atoms with Crippen molar-refractivity contribution < 1.29 is 9.59 Å². The maximum absolute atomic E-state index is 12.6. The van der Waals surface area contributed by atoms with Crippen LogP contribution in [-0.2, 0) is 9.59 Å². The van der Waals surface area contributed by atoms with Crippen LogP contribution < -0.4 is 10.2 Å². The van der Waals surface area contributed by atoms with E-state index in [-0.39, 0.29) is 21.9 Å². The van der Waals surface area contributed by atoms with Crippen molar-refractivity contribution in [2.75, 3.05) is 17.3 Å². The molecule has 5 nitrogen and oxygen atoms in total. The molecule has 0 unspecified atom stereocenters. The van der Waals surface area contributed by atoms with Crippen LogP contribution in [0.15, 0.2) is 48.0 Å². The smallest absolute Gasteiger partial charge is 0.267 e. The Morgan fingerprint density at radius 1 is 1.20 bits per heavy atom. The molecule has 0 aliphatic carbocycles. The number of fused-ring (bicyclic) bond motifs is 1. The molecule has 3 rings (SSSR count). The van der Waals surface area contributed by atoms with Crippen molar-refractivity contribution in [3.05, 3.63) is 63.6 Å². The van der Waals surface area contributed by atoms with Crippen LogP contribution in [0.4, 0.5) is 11.4 Å². The van der Waals surface area contributed by atoms with E-state index in [9.17, 15) is 14.9 Å². The lowest BCUT2D eigenvalue weighted by Gasteiger charge is -2.09. The predicted molar refractivity (Wildman–Crippen MR) is 97.5 cm³/mol. The first-order valence-electron chi connectivity index (χ1n) is 7.22. The van der Waals surface area contributed by atoms with Gasteiger partial charge in [0.05, 0.1) is 22.0 Å². The number of carbonyl (C=O) groups is 2. The normalized spacial score (nSPS) is 14.8. The van der Waals surface area contributed by atoms with Gasteiger partial charge < -0.3 is 10.2 Å². The molecule has 2 amide bonds. The van der Waals surface area contributed by atoms with Gasteiger partial charge in [0.1, 0.15) is 11.6 Å². The lowest BCUT2D eigenvalue weighted by Crippen LogP contribution is -2.23.